The maximum absolute atomic E-state index is 15.0. The average molecular weight is 431 g/mol. The van der Waals surface area contributed by atoms with Gasteiger partial charge in [-0.05, 0) is 38.1 Å². The SMILES string of the molecule is C/C=C/c1cc(Nc2cc(-n3cncn3)nc(Oc3ccc4[nH]c(C)cc4c3F)n2)n[nH]1. The maximum atomic E-state index is 15.0. The number of fused-ring (bicyclic) bond motifs is 1. The third-order valence-electron chi connectivity index (χ3n) is 4.58. The number of aromatic nitrogens is 8. The number of nitrogens with zero attached hydrogens (tertiary/aromatic N) is 6. The molecule has 160 valence electrons. The molecule has 0 aliphatic rings. The van der Waals surface area contributed by atoms with Crippen molar-refractivity contribution in [1.29, 1.82) is 0 Å². The first kappa shape index (κ1) is 19.4. The van der Waals surface area contributed by atoms with E-state index in [4.69, 9.17) is 4.74 Å². The van der Waals surface area contributed by atoms with Gasteiger partial charge in [-0.15, -0.1) is 0 Å². The van der Waals surface area contributed by atoms with Crippen molar-refractivity contribution >= 4 is 28.6 Å². The van der Waals surface area contributed by atoms with Crippen molar-refractivity contribution < 1.29 is 9.13 Å². The van der Waals surface area contributed by atoms with Crippen molar-refractivity contribution in [3.05, 3.63) is 66.3 Å². The molecule has 3 N–H and O–H groups in total. The number of ether oxygens (including phenoxy) is 1. The lowest BCUT2D eigenvalue weighted by molar-refractivity contribution is 0.413. The molecule has 32 heavy (non-hydrogen) atoms. The molecule has 0 amide bonds. The van der Waals surface area contributed by atoms with E-state index in [0.29, 0.717) is 28.4 Å². The summed E-state index contributed by atoms with van der Waals surface area (Å²) in [4.78, 5) is 15.7. The van der Waals surface area contributed by atoms with E-state index in [-0.39, 0.29) is 11.8 Å². The minimum atomic E-state index is -0.501. The summed E-state index contributed by atoms with van der Waals surface area (Å²) in [5, 5.41) is 14.7. The van der Waals surface area contributed by atoms with Gasteiger partial charge >= 0.3 is 6.01 Å². The van der Waals surface area contributed by atoms with E-state index in [0.717, 1.165) is 11.4 Å². The maximum Gasteiger partial charge on any atom is 0.326 e. The predicted octanol–water partition coefficient (Wildman–Crippen LogP) is 4.28. The molecule has 0 saturated heterocycles. The lowest BCUT2D eigenvalue weighted by Gasteiger charge is -2.10. The Balaban J connectivity index is 1.51. The molecule has 0 fully saturated rings. The van der Waals surface area contributed by atoms with Crippen molar-refractivity contribution in [1.82, 2.24) is 39.9 Å². The van der Waals surface area contributed by atoms with Crippen LogP contribution in [0.3, 0.4) is 0 Å². The standard InChI is InChI=1S/C21H18FN9O/c1-3-4-13-8-18(30-29-13)26-17-9-19(31-11-23-10-24-31)28-21(27-17)32-16-6-5-15-14(20(16)22)7-12(2)25-15/h3-11,25H,1-2H3,(H2,26,27,28,29,30)/b4-3+. The number of aryl methyl sites for hydroxylation is 1. The minimum Gasteiger partial charge on any atom is -0.421 e. The highest BCUT2D eigenvalue weighted by Crippen LogP contribution is 2.30. The summed E-state index contributed by atoms with van der Waals surface area (Å²) in [5.41, 5.74) is 2.36. The number of anilines is 2. The highest BCUT2D eigenvalue weighted by molar-refractivity contribution is 5.82. The second-order valence-electron chi connectivity index (χ2n) is 6.96. The number of aromatic amines is 2. The molecular weight excluding hydrogens is 413 g/mol. The normalized spacial score (nSPS) is 11.5. The Morgan fingerprint density at radius 2 is 2.06 bits per heavy atom. The van der Waals surface area contributed by atoms with Gasteiger partial charge in [-0.2, -0.15) is 20.2 Å². The summed E-state index contributed by atoms with van der Waals surface area (Å²) in [6, 6.07) is 8.41. The summed E-state index contributed by atoms with van der Waals surface area (Å²) in [6.45, 7) is 3.77. The van der Waals surface area contributed by atoms with Crippen LogP contribution in [0.25, 0.3) is 22.8 Å². The van der Waals surface area contributed by atoms with Crippen LogP contribution in [0.4, 0.5) is 16.0 Å². The quantitative estimate of drug-likeness (QED) is 0.367. The monoisotopic (exact) mass is 431 g/mol. The zero-order valence-corrected chi connectivity index (χ0v) is 17.2. The molecule has 0 spiro atoms. The van der Waals surface area contributed by atoms with E-state index in [2.05, 4.69) is 40.5 Å². The Morgan fingerprint density at radius 1 is 1.16 bits per heavy atom. The Hall–Kier alpha value is -4.54. The molecule has 0 saturated carbocycles. The zero-order chi connectivity index (χ0) is 22.1. The van der Waals surface area contributed by atoms with Gasteiger partial charge in [0.25, 0.3) is 0 Å². The van der Waals surface area contributed by atoms with Gasteiger partial charge in [0.1, 0.15) is 18.5 Å². The average Bonchev–Trinajstić information content (AvgIpc) is 3.52. The molecule has 5 aromatic rings. The lowest BCUT2D eigenvalue weighted by atomic mass is 10.2. The lowest BCUT2D eigenvalue weighted by Crippen LogP contribution is -2.05. The number of hydrogen-bond acceptors (Lipinski definition) is 7. The molecule has 0 unspecified atom stereocenters. The van der Waals surface area contributed by atoms with E-state index in [9.17, 15) is 0 Å². The van der Waals surface area contributed by atoms with Crippen LogP contribution in [0.2, 0.25) is 0 Å². The van der Waals surface area contributed by atoms with Crippen LogP contribution in [-0.2, 0) is 0 Å². The molecule has 1 aromatic carbocycles. The summed E-state index contributed by atoms with van der Waals surface area (Å²) in [7, 11) is 0. The van der Waals surface area contributed by atoms with Crippen LogP contribution in [-0.4, -0.2) is 39.9 Å². The van der Waals surface area contributed by atoms with Gasteiger partial charge in [0.15, 0.2) is 23.2 Å². The van der Waals surface area contributed by atoms with Crippen molar-refractivity contribution in [2.45, 2.75) is 13.8 Å². The number of benzene rings is 1. The topological polar surface area (TPSA) is 122 Å². The molecule has 5 rings (SSSR count). The van der Waals surface area contributed by atoms with Gasteiger partial charge in [-0.1, -0.05) is 6.08 Å². The van der Waals surface area contributed by atoms with Crippen LogP contribution >= 0.6 is 0 Å². The van der Waals surface area contributed by atoms with E-state index in [1.54, 1.807) is 18.2 Å². The van der Waals surface area contributed by atoms with Gasteiger partial charge in [0.2, 0.25) is 0 Å². The smallest absolute Gasteiger partial charge is 0.326 e. The van der Waals surface area contributed by atoms with Crippen LogP contribution in [0.5, 0.6) is 11.8 Å². The molecular formula is C21H18FN9O. The van der Waals surface area contributed by atoms with Gasteiger partial charge in [0.05, 0.1) is 5.69 Å². The Bertz CT molecular complexity index is 1420. The molecule has 0 radical (unpaired) electrons. The van der Waals surface area contributed by atoms with Crippen LogP contribution < -0.4 is 10.1 Å². The predicted molar refractivity (Wildman–Crippen MR) is 117 cm³/mol. The van der Waals surface area contributed by atoms with Crippen molar-refractivity contribution in [3.63, 3.8) is 0 Å². The third-order valence-corrected chi connectivity index (χ3v) is 4.58. The Labute approximate surface area is 181 Å². The summed E-state index contributed by atoms with van der Waals surface area (Å²) in [6.07, 6.45) is 6.65. The van der Waals surface area contributed by atoms with E-state index >= 15 is 4.39 Å². The summed E-state index contributed by atoms with van der Waals surface area (Å²) < 4.78 is 22.2. The van der Waals surface area contributed by atoms with E-state index in [1.807, 2.05) is 32.1 Å². The fourth-order valence-corrected chi connectivity index (χ4v) is 3.23. The van der Waals surface area contributed by atoms with E-state index < -0.39 is 5.82 Å². The Kier molecular flexibility index (Phi) is 4.82. The zero-order valence-electron chi connectivity index (χ0n) is 17.2. The van der Waals surface area contributed by atoms with Crippen LogP contribution in [0, 0.1) is 12.7 Å². The number of allylic oxidation sites excluding steroid dienone is 1. The minimum absolute atomic E-state index is 0.00771. The van der Waals surface area contributed by atoms with Gasteiger partial charge in [-0.3, -0.25) is 5.10 Å². The van der Waals surface area contributed by atoms with Gasteiger partial charge in [0, 0.05) is 28.7 Å². The summed E-state index contributed by atoms with van der Waals surface area (Å²) in [5.74, 6) is 0.826. The number of H-pyrrole nitrogens is 2. The van der Waals surface area contributed by atoms with Crippen LogP contribution in [0.1, 0.15) is 18.3 Å². The van der Waals surface area contributed by atoms with Crippen LogP contribution in [0.15, 0.2) is 49.1 Å². The number of rotatable bonds is 6. The second kappa shape index (κ2) is 7.95. The molecule has 11 heteroatoms. The first-order valence-electron chi connectivity index (χ1n) is 9.74. The molecule has 0 bridgehead atoms. The third kappa shape index (κ3) is 3.78. The number of halogens is 1. The molecule has 0 aliphatic heterocycles. The Morgan fingerprint density at radius 3 is 2.88 bits per heavy atom. The largest absolute Gasteiger partial charge is 0.421 e. The second-order valence-corrected chi connectivity index (χ2v) is 6.96. The van der Waals surface area contributed by atoms with Crippen molar-refractivity contribution in [3.8, 4) is 17.6 Å². The molecule has 0 aliphatic carbocycles. The van der Waals surface area contributed by atoms with Gasteiger partial charge in [-0.25, -0.2) is 14.1 Å². The first-order valence-corrected chi connectivity index (χ1v) is 9.74. The van der Waals surface area contributed by atoms with E-state index in [1.165, 1.54) is 23.4 Å². The van der Waals surface area contributed by atoms with Gasteiger partial charge < -0.3 is 15.0 Å². The summed E-state index contributed by atoms with van der Waals surface area (Å²) >= 11 is 0. The fraction of sp³-hybridized carbons (Fsp3) is 0.0952. The molecule has 4 aromatic heterocycles. The number of nitrogens with one attached hydrogen (secondary N) is 3. The molecule has 4 heterocycles. The first-order chi connectivity index (χ1) is 15.6. The van der Waals surface area contributed by atoms with Crippen molar-refractivity contribution in [2.24, 2.45) is 0 Å². The van der Waals surface area contributed by atoms with Crippen molar-refractivity contribution in [2.75, 3.05) is 5.32 Å². The highest BCUT2D eigenvalue weighted by Gasteiger charge is 2.15. The molecule has 10 nitrogen and oxygen atoms in total. The molecule has 0 atom stereocenters. The number of hydrogen-bond donors (Lipinski definition) is 3. The fourth-order valence-electron chi connectivity index (χ4n) is 3.23. The highest BCUT2D eigenvalue weighted by atomic mass is 19.1.